The Morgan fingerprint density at radius 3 is 2.17 bits per heavy atom. The standard InChI is InChI=1S/C40H31.C2H6Si.2ClH.Zr/c1-2-3-12-28-25-39-34(37-23-26-13-4-6-15-29(26)31-17-8-9-18-33(31)37)20-11-22-36(39)40(28)35-21-10-19-32-30-16-7-5-14-27(30)24-38(32)35;1-3-2;;;/h4-11,13-20,22-23,25,40H,2-3,12,24H2,1H3;1-2H3;2*1H;/q-1;;;;+3/p-2. The average Bonchev–Trinajstić information content (AvgIpc) is 3.62. The van der Waals surface area contributed by atoms with Crippen molar-refractivity contribution < 1.29 is 51.0 Å². The summed E-state index contributed by atoms with van der Waals surface area (Å²) in [4.78, 5) is 0. The third-order valence-corrected chi connectivity index (χ3v) is 9.13. The summed E-state index contributed by atoms with van der Waals surface area (Å²) in [7, 11) is 1.08. The molecule has 2 aliphatic carbocycles. The molecule has 0 saturated carbocycles. The second kappa shape index (κ2) is 15.9. The summed E-state index contributed by atoms with van der Waals surface area (Å²) in [5.74, 6) is 0.262. The first-order valence-corrected chi connectivity index (χ1v) is 17.7. The molecule has 0 heterocycles. The van der Waals surface area contributed by atoms with Crippen molar-refractivity contribution in [1.82, 2.24) is 0 Å². The predicted octanol–water partition coefficient (Wildman–Crippen LogP) is 5.54. The Labute approximate surface area is 308 Å². The first-order valence-electron chi connectivity index (χ1n) is 15.7. The molecule has 2 aliphatic rings. The minimum atomic E-state index is 0. The van der Waals surface area contributed by atoms with Crippen molar-refractivity contribution in [2.75, 3.05) is 0 Å². The van der Waals surface area contributed by atoms with E-state index in [1.807, 2.05) is 0 Å². The van der Waals surface area contributed by atoms with Crippen LogP contribution in [0.2, 0.25) is 13.1 Å². The predicted molar refractivity (Wildman–Crippen MR) is 187 cm³/mol. The van der Waals surface area contributed by atoms with Gasteiger partial charge in [-0.2, -0.15) is 18.2 Å². The fraction of sp³-hybridized carbons (Fsp3) is 0.190. The fourth-order valence-corrected chi connectivity index (χ4v) is 7.29. The Balaban J connectivity index is 0.000000772. The van der Waals surface area contributed by atoms with Gasteiger partial charge in [0.1, 0.15) is 0 Å². The molecule has 0 aromatic heterocycles. The van der Waals surface area contributed by atoms with E-state index in [4.69, 9.17) is 0 Å². The van der Waals surface area contributed by atoms with Gasteiger partial charge in [-0.15, -0.1) is 16.7 Å². The largest absolute Gasteiger partial charge is 3.00 e. The molecule has 0 nitrogen and oxygen atoms in total. The maximum Gasteiger partial charge on any atom is 3.00 e. The van der Waals surface area contributed by atoms with Gasteiger partial charge in [0.15, 0.2) is 0 Å². The number of hydrogen-bond acceptors (Lipinski definition) is 0. The molecule has 0 amide bonds. The van der Waals surface area contributed by atoms with E-state index in [2.05, 4.69) is 141 Å². The molecule has 0 spiro atoms. The van der Waals surface area contributed by atoms with E-state index in [0.717, 1.165) is 22.4 Å². The maximum atomic E-state index is 3.77. The minimum absolute atomic E-state index is 0. The van der Waals surface area contributed by atoms with E-state index >= 15 is 0 Å². The Morgan fingerprint density at radius 2 is 1.39 bits per heavy atom. The second-order valence-electron chi connectivity index (χ2n) is 11.9. The molecule has 0 bridgehead atoms. The van der Waals surface area contributed by atoms with Crippen LogP contribution in [-0.4, -0.2) is 9.52 Å². The molecular weight excluding hydrogens is 695 g/mol. The van der Waals surface area contributed by atoms with Gasteiger partial charge < -0.3 is 24.8 Å². The fourth-order valence-electron chi connectivity index (χ4n) is 7.29. The van der Waals surface area contributed by atoms with E-state index in [0.29, 0.717) is 0 Å². The van der Waals surface area contributed by atoms with Crippen molar-refractivity contribution >= 4 is 37.1 Å². The van der Waals surface area contributed by atoms with Gasteiger partial charge in [-0.3, -0.25) is 0 Å². The number of benzene rings is 6. The summed E-state index contributed by atoms with van der Waals surface area (Å²) in [5.41, 5.74) is 14.1. The summed E-state index contributed by atoms with van der Waals surface area (Å²) in [6.07, 6.45) is 7.06. The third kappa shape index (κ3) is 6.40. The van der Waals surface area contributed by atoms with Crippen LogP contribution in [0.25, 0.3) is 49.9 Å². The van der Waals surface area contributed by atoms with Gasteiger partial charge in [-0.05, 0) is 80.3 Å². The average molecular weight is 732 g/mol. The molecule has 6 aromatic rings. The summed E-state index contributed by atoms with van der Waals surface area (Å²) in [5, 5.41) is 5.26. The van der Waals surface area contributed by atoms with Crippen LogP contribution in [-0.2, 0) is 32.6 Å². The summed E-state index contributed by atoms with van der Waals surface area (Å²) in [6.45, 7) is 6.60. The summed E-state index contributed by atoms with van der Waals surface area (Å²) < 4.78 is 0. The maximum absolute atomic E-state index is 3.77. The van der Waals surface area contributed by atoms with Crippen LogP contribution in [0.3, 0.4) is 0 Å². The van der Waals surface area contributed by atoms with Crippen LogP contribution in [0.5, 0.6) is 0 Å². The van der Waals surface area contributed by atoms with Crippen LogP contribution in [0.15, 0.2) is 115 Å². The Morgan fingerprint density at radius 1 is 0.717 bits per heavy atom. The van der Waals surface area contributed by atoms with Crippen molar-refractivity contribution in [1.29, 1.82) is 0 Å². The van der Waals surface area contributed by atoms with Crippen molar-refractivity contribution in [2.45, 2.75) is 51.6 Å². The summed E-state index contributed by atoms with van der Waals surface area (Å²) in [6, 6.07) is 44.2. The molecule has 3 radical (unpaired) electrons. The Kier molecular flexibility index (Phi) is 12.5. The smallest absolute Gasteiger partial charge is 1.00 e. The molecule has 0 fully saturated rings. The van der Waals surface area contributed by atoms with E-state index in [-0.39, 0.29) is 56.9 Å². The van der Waals surface area contributed by atoms with E-state index in [1.165, 1.54) is 90.0 Å². The first kappa shape index (κ1) is 36.1. The monoisotopic (exact) mass is 729 g/mol. The third-order valence-electron chi connectivity index (χ3n) is 9.13. The Hall–Kier alpha value is -2.74. The van der Waals surface area contributed by atoms with Gasteiger partial charge in [0.05, 0.1) is 0 Å². The number of fused-ring (bicyclic) bond motifs is 7. The normalized spacial score (nSPS) is 13.6. The van der Waals surface area contributed by atoms with Gasteiger partial charge in [0, 0.05) is 15.4 Å². The minimum Gasteiger partial charge on any atom is -1.00 e. The number of hydrogen-bond donors (Lipinski definition) is 0. The van der Waals surface area contributed by atoms with Gasteiger partial charge in [0.2, 0.25) is 0 Å². The molecule has 6 aromatic carbocycles. The molecule has 0 aliphatic heterocycles. The molecular formula is C42H37Cl2SiZr. The molecule has 0 N–H and O–H groups in total. The quantitative estimate of drug-likeness (QED) is 0.124. The van der Waals surface area contributed by atoms with Crippen molar-refractivity contribution in [3.05, 3.63) is 149 Å². The molecule has 46 heavy (non-hydrogen) atoms. The van der Waals surface area contributed by atoms with E-state index < -0.39 is 0 Å². The molecule has 8 rings (SSSR count). The molecule has 0 saturated heterocycles. The SMILES string of the molecule is CCCCC1=Cc2c(-c3cc4ccccc4c4ccccc34)cccc2C1c1[c-]ccc2c1Cc1ccccc1-2.C[Si]C.[Cl-].[Cl-].[Zr+3]. The van der Waals surface area contributed by atoms with Crippen molar-refractivity contribution in [3.8, 4) is 22.3 Å². The number of unbranched alkanes of at least 4 members (excludes halogenated alkanes) is 1. The Bertz CT molecular complexity index is 2010. The number of allylic oxidation sites excluding steroid dienone is 1. The van der Waals surface area contributed by atoms with Gasteiger partial charge in [-0.1, -0.05) is 129 Å². The topological polar surface area (TPSA) is 0 Å². The first-order chi connectivity index (χ1) is 21.2. The molecule has 227 valence electrons. The van der Waals surface area contributed by atoms with Gasteiger partial charge >= 0.3 is 26.2 Å². The molecule has 1 unspecified atom stereocenters. The number of rotatable bonds is 5. The van der Waals surface area contributed by atoms with E-state index in [9.17, 15) is 0 Å². The van der Waals surface area contributed by atoms with Crippen molar-refractivity contribution in [3.63, 3.8) is 0 Å². The van der Waals surface area contributed by atoms with E-state index in [1.54, 1.807) is 0 Å². The zero-order chi connectivity index (χ0) is 29.3. The van der Waals surface area contributed by atoms with Crippen LogP contribution in [0.1, 0.15) is 59.9 Å². The summed E-state index contributed by atoms with van der Waals surface area (Å²) >= 11 is 0. The van der Waals surface area contributed by atoms with Crippen LogP contribution in [0.4, 0.5) is 0 Å². The van der Waals surface area contributed by atoms with Crippen molar-refractivity contribution in [2.24, 2.45) is 0 Å². The second-order valence-corrected chi connectivity index (χ2v) is 12.9. The molecule has 1 atom stereocenters. The van der Waals surface area contributed by atoms with Gasteiger partial charge in [0.25, 0.3) is 0 Å². The van der Waals surface area contributed by atoms with Crippen LogP contribution < -0.4 is 24.8 Å². The number of halogens is 2. The van der Waals surface area contributed by atoms with Crippen LogP contribution in [0, 0.1) is 6.07 Å². The zero-order valence-electron chi connectivity index (χ0n) is 26.6. The van der Waals surface area contributed by atoms with Gasteiger partial charge in [-0.25, -0.2) is 0 Å². The van der Waals surface area contributed by atoms with Crippen LogP contribution >= 0.6 is 0 Å². The molecule has 4 heteroatoms. The zero-order valence-corrected chi connectivity index (χ0v) is 31.6.